The molecular formula is C20H21FN2O3. The van der Waals surface area contributed by atoms with Crippen LogP contribution in [0.5, 0.6) is 5.75 Å². The lowest BCUT2D eigenvalue weighted by molar-refractivity contribution is -0.125. The largest absolute Gasteiger partial charge is 0.489 e. The van der Waals surface area contributed by atoms with Crippen LogP contribution >= 0.6 is 0 Å². The summed E-state index contributed by atoms with van der Waals surface area (Å²) in [5, 5.41) is 2.59. The van der Waals surface area contributed by atoms with Gasteiger partial charge in [0, 0.05) is 25.7 Å². The zero-order chi connectivity index (χ0) is 18.7. The van der Waals surface area contributed by atoms with Crippen LogP contribution in [0.3, 0.4) is 0 Å². The number of hydrogen-bond donors (Lipinski definition) is 1. The molecule has 6 heteroatoms. The van der Waals surface area contributed by atoms with Crippen molar-refractivity contribution in [2.24, 2.45) is 5.92 Å². The smallest absolute Gasteiger partial charge is 0.227 e. The van der Waals surface area contributed by atoms with Crippen molar-refractivity contribution in [1.29, 1.82) is 0 Å². The molecule has 1 heterocycles. The quantitative estimate of drug-likeness (QED) is 0.896. The van der Waals surface area contributed by atoms with E-state index in [1.807, 2.05) is 25.1 Å². The predicted molar refractivity (Wildman–Crippen MR) is 96.4 cm³/mol. The Morgan fingerprint density at radius 3 is 2.65 bits per heavy atom. The minimum atomic E-state index is -0.317. The van der Waals surface area contributed by atoms with Crippen molar-refractivity contribution in [3.05, 3.63) is 59.4 Å². The van der Waals surface area contributed by atoms with Crippen LogP contribution in [0, 0.1) is 18.7 Å². The van der Waals surface area contributed by atoms with Crippen LogP contribution in [-0.2, 0) is 16.2 Å². The van der Waals surface area contributed by atoms with Crippen LogP contribution in [0.2, 0.25) is 0 Å². The number of ether oxygens (including phenoxy) is 1. The van der Waals surface area contributed by atoms with Crippen LogP contribution < -0.4 is 15.0 Å². The summed E-state index contributed by atoms with van der Waals surface area (Å²) in [5.74, 6) is -0.0655. The number of benzene rings is 2. The second-order valence-electron chi connectivity index (χ2n) is 6.38. The molecule has 0 bridgehead atoms. The molecule has 0 aliphatic carbocycles. The Kier molecular flexibility index (Phi) is 5.21. The molecule has 136 valence electrons. The van der Waals surface area contributed by atoms with E-state index in [9.17, 15) is 14.0 Å². The molecule has 2 aromatic carbocycles. The third kappa shape index (κ3) is 3.85. The van der Waals surface area contributed by atoms with E-state index < -0.39 is 0 Å². The van der Waals surface area contributed by atoms with Gasteiger partial charge in [0.15, 0.2) is 0 Å². The summed E-state index contributed by atoms with van der Waals surface area (Å²) >= 11 is 0. The number of hydrogen-bond acceptors (Lipinski definition) is 3. The standard InChI is InChI=1S/C20H21FN2O3/c1-13-9-17(23-11-15(10-19(23)24)20(25)22-2)7-8-18(13)26-12-14-3-5-16(21)6-4-14/h3-9,15H,10-12H2,1-2H3,(H,22,25)/t15-/m0/s1. The summed E-state index contributed by atoms with van der Waals surface area (Å²) in [6.07, 6.45) is 0.224. The molecular weight excluding hydrogens is 335 g/mol. The van der Waals surface area contributed by atoms with Crippen molar-refractivity contribution in [2.45, 2.75) is 20.0 Å². The molecule has 0 saturated carbocycles. The molecule has 1 saturated heterocycles. The molecule has 1 aliphatic rings. The molecule has 1 N–H and O–H groups in total. The molecule has 26 heavy (non-hydrogen) atoms. The van der Waals surface area contributed by atoms with E-state index in [4.69, 9.17) is 4.74 Å². The van der Waals surface area contributed by atoms with Gasteiger partial charge in [-0.15, -0.1) is 0 Å². The monoisotopic (exact) mass is 356 g/mol. The van der Waals surface area contributed by atoms with Crippen LogP contribution in [0.1, 0.15) is 17.5 Å². The Morgan fingerprint density at radius 2 is 2.00 bits per heavy atom. The number of aryl methyl sites for hydroxylation is 1. The van der Waals surface area contributed by atoms with Crippen molar-refractivity contribution in [2.75, 3.05) is 18.5 Å². The minimum absolute atomic E-state index is 0.0574. The number of anilines is 1. The lowest BCUT2D eigenvalue weighted by Crippen LogP contribution is -2.30. The first-order valence-electron chi connectivity index (χ1n) is 8.48. The zero-order valence-corrected chi connectivity index (χ0v) is 14.8. The third-order valence-corrected chi connectivity index (χ3v) is 4.52. The van der Waals surface area contributed by atoms with Crippen molar-refractivity contribution < 1.29 is 18.7 Å². The fraction of sp³-hybridized carbons (Fsp3) is 0.300. The maximum atomic E-state index is 12.9. The molecule has 0 unspecified atom stereocenters. The average molecular weight is 356 g/mol. The second kappa shape index (κ2) is 7.56. The Morgan fingerprint density at radius 1 is 1.27 bits per heavy atom. The summed E-state index contributed by atoms with van der Waals surface area (Å²) in [4.78, 5) is 25.6. The van der Waals surface area contributed by atoms with Crippen LogP contribution in [-0.4, -0.2) is 25.4 Å². The SMILES string of the molecule is CNC(=O)[C@H]1CC(=O)N(c2ccc(OCc3ccc(F)cc3)c(C)c2)C1. The normalized spacial score (nSPS) is 16.7. The number of nitrogens with zero attached hydrogens (tertiary/aromatic N) is 1. The lowest BCUT2D eigenvalue weighted by atomic mass is 10.1. The Bertz CT molecular complexity index is 820. The van der Waals surface area contributed by atoms with Crippen molar-refractivity contribution >= 4 is 17.5 Å². The van der Waals surface area contributed by atoms with E-state index in [0.29, 0.717) is 18.9 Å². The highest BCUT2D eigenvalue weighted by molar-refractivity contribution is 6.00. The molecule has 3 rings (SSSR count). The Labute approximate surface area is 151 Å². The van der Waals surface area contributed by atoms with E-state index in [1.165, 1.54) is 12.1 Å². The summed E-state index contributed by atoms with van der Waals surface area (Å²) in [7, 11) is 1.58. The maximum absolute atomic E-state index is 12.9. The number of carbonyl (C=O) groups excluding carboxylic acids is 2. The number of halogens is 1. The molecule has 2 amide bonds. The zero-order valence-electron chi connectivity index (χ0n) is 14.8. The minimum Gasteiger partial charge on any atom is -0.489 e. The first-order valence-corrected chi connectivity index (χ1v) is 8.48. The van der Waals surface area contributed by atoms with E-state index >= 15 is 0 Å². The van der Waals surface area contributed by atoms with Gasteiger partial charge in [0.25, 0.3) is 0 Å². The van der Waals surface area contributed by atoms with E-state index in [2.05, 4.69) is 5.32 Å². The van der Waals surface area contributed by atoms with Crippen molar-refractivity contribution in [3.63, 3.8) is 0 Å². The third-order valence-electron chi connectivity index (χ3n) is 4.52. The number of amides is 2. The highest BCUT2D eigenvalue weighted by Crippen LogP contribution is 2.29. The van der Waals surface area contributed by atoms with Crippen LogP contribution in [0.4, 0.5) is 10.1 Å². The highest BCUT2D eigenvalue weighted by atomic mass is 19.1. The fourth-order valence-electron chi connectivity index (χ4n) is 3.04. The summed E-state index contributed by atoms with van der Waals surface area (Å²) in [6, 6.07) is 11.7. The molecule has 1 fully saturated rings. The fourth-order valence-corrected chi connectivity index (χ4v) is 3.04. The number of carbonyl (C=O) groups is 2. The second-order valence-corrected chi connectivity index (χ2v) is 6.38. The van der Waals surface area contributed by atoms with Gasteiger partial charge in [-0.3, -0.25) is 9.59 Å². The summed E-state index contributed by atoms with van der Waals surface area (Å²) < 4.78 is 18.7. The molecule has 2 aromatic rings. The average Bonchev–Trinajstić information content (AvgIpc) is 3.03. The van der Waals surface area contributed by atoms with E-state index in [-0.39, 0.29) is 30.0 Å². The van der Waals surface area contributed by atoms with Gasteiger partial charge in [0.05, 0.1) is 5.92 Å². The highest BCUT2D eigenvalue weighted by Gasteiger charge is 2.34. The molecule has 0 spiro atoms. The van der Waals surface area contributed by atoms with Crippen LogP contribution in [0.25, 0.3) is 0 Å². The first-order chi connectivity index (χ1) is 12.5. The lowest BCUT2D eigenvalue weighted by Gasteiger charge is -2.18. The topological polar surface area (TPSA) is 58.6 Å². The van der Waals surface area contributed by atoms with Gasteiger partial charge < -0.3 is 15.0 Å². The molecule has 0 radical (unpaired) electrons. The van der Waals surface area contributed by atoms with Gasteiger partial charge in [-0.2, -0.15) is 0 Å². The Balaban J connectivity index is 1.68. The first kappa shape index (κ1) is 17.9. The van der Waals surface area contributed by atoms with Gasteiger partial charge in [-0.25, -0.2) is 4.39 Å². The van der Waals surface area contributed by atoms with E-state index in [1.54, 1.807) is 24.1 Å². The molecule has 5 nitrogen and oxygen atoms in total. The van der Waals surface area contributed by atoms with Gasteiger partial charge in [-0.05, 0) is 48.4 Å². The Hall–Kier alpha value is -2.89. The summed E-state index contributed by atoms with van der Waals surface area (Å²) in [5.41, 5.74) is 2.52. The van der Waals surface area contributed by atoms with Gasteiger partial charge in [0.2, 0.25) is 11.8 Å². The number of nitrogens with one attached hydrogen (secondary N) is 1. The molecule has 1 aliphatic heterocycles. The van der Waals surface area contributed by atoms with E-state index in [0.717, 1.165) is 16.8 Å². The van der Waals surface area contributed by atoms with Crippen LogP contribution in [0.15, 0.2) is 42.5 Å². The predicted octanol–water partition coefficient (Wildman–Crippen LogP) is 2.81. The van der Waals surface area contributed by atoms with Gasteiger partial charge in [-0.1, -0.05) is 12.1 Å². The van der Waals surface area contributed by atoms with Gasteiger partial charge >= 0.3 is 0 Å². The van der Waals surface area contributed by atoms with Crippen molar-refractivity contribution in [3.8, 4) is 5.75 Å². The summed E-state index contributed by atoms with van der Waals surface area (Å²) in [6.45, 7) is 2.62. The molecule has 1 atom stereocenters. The maximum Gasteiger partial charge on any atom is 0.227 e. The van der Waals surface area contributed by atoms with Gasteiger partial charge in [0.1, 0.15) is 18.2 Å². The van der Waals surface area contributed by atoms with Crippen molar-refractivity contribution in [1.82, 2.24) is 5.32 Å². The molecule has 0 aromatic heterocycles. The number of rotatable bonds is 5.